The molecule has 0 aromatic heterocycles. The van der Waals surface area contributed by atoms with E-state index in [1.54, 1.807) is 31.4 Å². The van der Waals surface area contributed by atoms with Gasteiger partial charge in [0.2, 0.25) is 0 Å². The van der Waals surface area contributed by atoms with Crippen LogP contribution >= 0.6 is 0 Å². The minimum atomic E-state index is -0.600. The van der Waals surface area contributed by atoms with E-state index in [9.17, 15) is 14.9 Å². The monoisotopic (exact) mass is 287 g/mol. The quantitative estimate of drug-likeness (QED) is 0.477. The van der Waals surface area contributed by atoms with Gasteiger partial charge in [0.05, 0.1) is 23.7 Å². The van der Waals surface area contributed by atoms with Crippen molar-refractivity contribution < 1.29 is 19.2 Å². The van der Waals surface area contributed by atoms with Crippen molar-refractivity contribution in [3.63, 3.8) is 0 Å². The summed E-state index contributed by atoms with van der Waals surface area (Å²) in [6.45, 7) is 1.28. The van der Waals surface area contributed by atoms with E-state index in [2.05, 4.69) is 0 Å². The van der Waals surface area contributed by atoms with E-state index in [1.165, 1.54) is 25.1 Å². The third kappa shape index (κ3) is 3.36. The first kappa shape index (κ1) is 14.5. The maximum atomic E-state index is 11.4. The van der Waals surface area contributed by atoms with Crippen LogP contribution in [0.2, 0.25) is 0 Å². The van der Waals surface area contributed by atoms with E-state index in [1.807, 2.05) is 0 Å². The summed E-state index contributed by atoms with van der Waals surface area (Å²) in [5.74, 6) is 1.12. The highest BCUT2D eigenvalue weighted by molar-refractivity contribution is 5.98. The Balaban J connectivity index is 2.29. The van der Waals surface area contributed by atoms with Gasteiger partial charge in [0, 0.05) is 0 Å². The first-order valence-electron chi connectivity index (χ1n) is 6.12. The number of ketones is 1. The van der Waals surface area contributed by atoms with Gasteiger partial charge in [-0.15, -0.1) is 0 Å². The molecule has 21 heavy (non-hydrogen) atoms. The van der Waals surface area contributed by atoms with Crippen LogP contribution < -0.4 is 9.47 Å². The van der Waals surface area contributed by atoms with Crippen LogP contribution in [0.1, 0.15) is 17.3 Å². The Kier molecular flexibility index (Phi) is 4.18. The van der Waals surface area contributed by atoms with E-state index < -0.39 is 4.92 Å². The fourth-order valence-electron chi connectivity index (χ4n) is 1.80. The van der Waals surface area contributed by atoms with Gasteiger partial charge in [-0.25, -0.2) is 0 Å². The molecule has 0 aliphatic carbocycles. The van der Waals surface area contributed by atoms with Crippen molar-refractivity contribution in [1.82, 2.24) is 0 Å². The number of hydrogen-bond donors (Lipinski definition) is 0. The summed E-state index contributed by atoms with van der Waals surface area (Å²) in [7, 11) is 1.56. The molecular formula is C15H13NO5. The summed E-state index contributed by atoms with van der Waals surface area (Å²) in [5.41, 5.74) is -0.212. The molecule has 0 fully saturated rings. The Labute approximate surface area is 121 Å². The van der Waals surface area contributed by atoms with Gasteiger partial charge in [0.15, 0.2) is 5.78 Å². The van der Waals surface area contributed by atoms with Crippen molar-refractivity contribution in [1.29, 1.82) is 0 Å². The van der Waals surface area contributed by atoms with Gasteiger partial charge in [-0.2, -0.15) is 0 Å². The lowest BCUT2D eigenvalue weighted by Crippen LogP contribution is -2.00. The van der Waals surface area contributed by atoms with Crippen LogP contribution in [-0.2, 0) is 0 Å². The molecule has 2 rings (SSSR count). The zero-order chi connectivity index (χ0) is 15.4. The van der Waals surface area contributed by atoms with Crippen LogP contribution in [0.25, 0.3) is 0 Å². The number of rotatable bonds is 5. The standard InChI is InChI=1S/C15H13NO5/c1-10(17)14-8-7-13(9-15(14)16(18)19)21-12-5-3-11(20-2)4-6-12/h3-9H,1-2H3. The molecule has 0 radical (unpaired) electrons. The van der Waals surface area contributed by atoms with Crippen molar-refractivity contribution in [3.05, 3.63) is 58.1 Å². The number of carbonyl (C=O) groups is 1. The molecule has 2 aromatic rings. The predicted molar refractivity (Wildman–Crippen MR) is 76.2 cm³/mol. The molecule has 108 valence electrons. The van der Waals surface area contributed by atoms with Gasteiger partial charge in [-0.1, -0.05) is 0 Å². The minimum Gasteiger partial charge on any atom is -0.497 e. The van der Waals surface area contributed by atoms with Crippen LogP contribution in [0.4, 0.5) is 5.69 Å². The fourth-order valence-corrected chi connectivity index (χ4v) is 1.80. The maximum Gasteiger partial charge on any atom is 0.283 e. The Morgan fingerprint density at radius 1 is 1.05 bits per heavy atom. The number of carbonyl (C=O) groups excluding carboxylic acids is 1. The van der Waals surface area contributed by atoms with Gasteiger partial charge in [0.1, 0.15) is 17.2 Å². The minimum absolute atomic E-state index is 0.0575. The van der Waals surface area contributed by atoms with Crippen molar-refractivity contribution in [3.8, 4) is 17.2 Å². The number of nitro benzene ring substituents is 1. The molecule has 6 heteroatoms. The van der Waals surface area contributed by atoms with E-state index in [0.717, 1.165) is 0 Å². The largest absolute Gasteiger partial charge is 0.497 e. The van der Waals surface area contributed by atoms with Crippen molar-refractivity contribution in [2.75, 3.05) is 7.11 Å². The summed E-state index contributed by atoms with van der Waals surface area (Å²) in [6, 6.07) is 10.9. The highest BCUT2D eigenvalue weighted by Crippen LogP contribution is 2.29. The molecule has 0 amide bonds. The lowest BCUT2D eigenvalue weighted by molar-refractivity contribution is -0.385. The zero-order valence-corrected chi connectivity index (χ0v) is 11.5. The van der Waals surface area contributed by atoms with Crippen LogP contribution in [0.3, 0.4) is 0 Å². The first-order chi connectivity index (χ1) is 10.0. The average Bonchev–Trinajstić information content (AvgIpc) is 2.47. The summed E-state index contributed by atoms with van der Waals surface area (Å²) < 4.78 is 10.6. The normalized spacial score (nSPS) is 10.0. The maximum absolute atomic E-state index is 11.4. The lowest BCUT2D eigenvalue weighted by atomic mass is 10.1. The van der Waals surface area contributed by atoms with E-state index in [4.69, 9.17) is 9.47 Å². The number of methoxy groups -OCH3 is 1. The average molecular weight is 287 g/mol. The van der Waals surface area contributed by atoms with Crippen molar-refractivity contribution >= 4 is 11.5 Å². The van der Waals surface area contributed by atoms with Gasteiger partial charge in [-0.3, -0.25) is 14.9 Å². The second kappa shape index (κ2) is 6.04. The Morgan fingerprint density at radius 2 is 1.62 bits per heavy atom. The van der Waals surface area contributed by atoms with Crippen LogP contribution in [-0.4, -0.2) is 17.8 Å². The molecule has 0 N–H and O–H groups in total. The molecular weight excluding hydrogens is 274 g/mol. The fraction of sp³-hybridized carbons (Fsp3) is 0.133. The summed E-state index contributed by atoms with van der Waals surface area (Å²) in [4.78, 5) is 21.7. The topological polar surface area (TPSA) is 78.7 Å². The highest BCUT2D eigenvalue weighted by Gasteiger charge is 2.18. The number of ether oxygens (including phenoxy) is 2. The van der Waals surface area contributed by atoms with Gasteiger partial charge in [-0.05, 0) is 43.3 Å². The molecule has 0 aliphatic rings. The van der Waals surface area contributed by atoms with Crippen LogP contribution in [0.5, 0.6) is 17.2 Å². The van der Waals surface area contributed by atoms with Gasteiger partial charge >= 0.3 is 0 Å². The second-order valence-electron chi connectivity index (χ2n) is 4.27. The smallest absolute Gasteiger partial charge is 0.283 e. The van der Waals surface area contributed by atoms with Crippen molar-refractivity contribution in [2.24, 2.45) is 0 Å². The van der Waals surface area contributed by atoms with Gasteiger partial charge in [0.25, 0.3) is 5.69 Å². The third-order valence-corrected chi connectivity index (χ3v) is 2.84. The van der Waals surface area contributed by atoms with Crippen LogP contribution in [0.15, 0.2) is 42.5 Å². The summed E-state index contributed by atoms with van der Waals surface area (Å²) >= 11 is 0. The Morgan fingerprint density at radius 3 is 2.14 bits per heavy atom. The van der Waals surface area contributed by atoms with E-state index in [-0.39, 0.29) is 22.8 Å². The summed E-state index contributed by atoms with van der Waals surface area (Å²) in [6.07, 6.45) is 0. The number of benzene rings is 2. The lowest BCUT2D eigenvalue weighted by Gasteiger charge is -2.07. The van der Waals surface area contributed by atoms with Crippen molar-refractivity contribution in [2.45, 2.75) is 6.92 Å². The van der Waals surface area contributed by atoms with Crippen LogP contribution in [0, 0.1) is 10.1 Å². The molecule has 6 nitrogen and oxygen atoms in total. The first-order valence-corrected chi connectivity index (χ1v) is 6.12. The van der Waals surface area contributed by atoms with E-state index >= 15 is 0 Å². The Bertz CT molecular complexity index is 679. The molecule has 0 spiro atoms. The molecule has 0 atom stereocenters. The highest BCUT2D eigenvalue weighted by atomic mass is 16.6. The van der Waals surface area contributed by atoms with Gasteiger partial charge < -0.3 is 9.47 Å². The third-order valence-electron chi connectivity index (χ3n) is 2.84. The second-order valence-corrected chi connectivity index (χ2v) is 4.27. The molecule has 0 unspecified atom stereocenters. The molecule has 0 saturated carbocycles. The number of Topliss-reactive ketones (excluding diaryl/α,β-unsaturated/α-hetero) is 1. The molecule has 0 bridgehead atoms. The number of nitrogens with zero attached hydrogens (tertiary/aromatic N) is 1. The summed E-state index contributed by atoms with van der Waals surface area (Å²) in [5, 5.41) is 11.0. The predicted octanol–water partition coefficient (Wildman–Crippen LogP) is 3.60. The molecule has 0 saturated heterocycles. The molecule has 0 heterocycles. The zero-order valence-electron chi connectivity index (χ0n) is 11.5. The molecule has 2 aromatic carbocycles. The molecule has 0 aliphatic heterocycles. The SMILES string of the molecule is COc1ccc(Oc2ccc(C(C)=O)c([N+](=O)[O-])c2)cc1. The number of hydrogen-bond acceptors (Lipinski definition) is 5. The van der Waals surface area contributed by atoms with E-state index in [0.29, 0.717) is 11.5 Å². The number of nitro groups is 1. The Hall–Kier alpha value is -2.89.